The first kappa shape index (κ1) is 10.1. The third kappa shape index (κ3) is 1.81. The summed E-state index contributed by atoms with van der Waals surface area (Å²) in [4.78, 5) is 18.1. The fourth-order valence-electron chi connectivity index (χ4n) is 1.08. The minimum atomic E-state index is -1.48. The molecule has 2 rings (SSSR count). The minimum Gasteiger partial charge on any atom is -0.463 e. The first-order valence-corrected chi connectivity index (χ1v) is 4.21. The standard InChI is InChI=1S/C8H7N5O3/c14-8(15)13(16)6-1-2-7(10-3-6)12-5-9-4-11-12/h1-5,16H,(H,14,15). The van der Waals surface area contributed by atoms with Gasteiger partial charge in [0.15, 0.2) is 5.82 Å². The molecule has 2 N–H and O–H groups in total. The van der Waals surface area contributed by atoms with Gasteiger partial charge in [0.25, 0.3) is 0 Å². The molecule has 0 fully saturated rings. The maximum absolute atomic E-state index is 10.4. The molecule has 2 aromatic heterocycles. The van der Waals surface area contributed by atoms with Gasteiger partial charge in [-0.3, -0.25) is 5.21 Å². The van der Waals surface area contributed by atoms with E-state index >= 15 is 0 Å². The molecule has 0 aromatic carbocycles. The van der Waals surface area contributed by atoms with E-state index in [1.165, 1.54) is 35.7 Å². The number of hydrogen-bond donors (Lipinski definition) is 2. The highest BCUT2D eigenvalue weighted by molar-refractivity contribution is 5.82. The topological polar surface area (TPSA) is 104 Å². The van der Waals surface area contributed by atoms with Gasteiger partial charge >= 0.3 is 6.09 Å². The number of hydroxylamine groups is 1. The van der Waals surface area contributed by atoms with Crippen molar-refractivity contribution in [2.75, 3.05) is 5.06 Å². The van der Waals surface area contributed by atoms with E-state index in [0.717, 1.165) is 0 Å². The van der Waals surface area contributed by atoms with Crippen molar-refractivity contribution in [3.05, 3.63) is 31.0 Å². The van der Waals surface area contributed by atoms with Crippen LogP contribution in [-0.4, -0.2) is 36.2 Å². The van der Waals surface area contributed by atoms with Gasteiger partial charge < -0.3 is 5.11 Å². The second-order valence-corrected chi connectivity index (χ2v) is 2.81. The molecule has 2 aromatic rings. The summed E-state index contributed by atoms with van der Waals surface area (Å²) in [5, 5.41) is 21.5. The van der Waals surface area contributed by atoms with E-state index < -0.39 is 6.09 Å². The van der Waals surface area contributed by atoms with Crippen LogP contribution in [0.5, 0.6) is 0 Å². The Labute approximate surface area is 89.4 Å². The highest BCUT2D eigenvalue weighted by atomic mass is 16.6. The third-order valence-corrected chi connectivity index (χ3v) is 1.81. The van der Waals surface area contributed by atoms with Crippen molar-refractivity contribution in [3.8, 4) is 5.82 Å². The molecule has 0 aliphatic rings. The summed E-state index contributed by atoms with van der Waals surface area (Å²) in [6.45, 7) is 0. The van der Waals surface area contributed by atoms with Crippen LogP contribution in [0, 0.1) is 0 Å². The number of amides is 1. The number of rotatable bonds is 2. The molecule has 8 nitrogen and oxygen atoms in total. The van der Waals surface area contributed by atoms with Gasteiger partial charge in [-0.15, -0.1) is 0 Å². The van der Waals surface area contributed by atoms with E-state index in [1.54, 1.807) is 0 Å². The smallest absolute Gasteiger partial charge is 0.436 e. The van der Waals surface area contributed by atoms with Crippen molar-refractivity contribution >= 4 is 11.8 Å². The quantitative estimate of drug-likeness (QED) is 0.566. The summed E-state index contributed by atoms with van der Waals surface area (Å²) in [5.74, 6) is 0.472. The number of anilines is 1. The summed E-state index contributed by atoms with van der Waals surface area (Å²) < 4.78 is 1.41. The molecule has 0 atom stereocenters. The Bertz CT molecular complexity index is 481. The van der Waals surface area contributed by atoms with Gasteiger partial charge in [-0.25, -0.2) is 19.4 Å². The normalized spacial score (nSPS) is 10.1. The summed E-state index contributed by atoms with van der Waals surface area (Å²) in [7, 11) is 0. The van der Waals surface area contributed by atoms with Crippen LogP contribution < -0.4 is 5.06 Å². The van der Waals surface area contributed by atoms with Gasteiger partial charge in [0.05, 0.1) is 11.9 Å². The van der Waals surface area contributed by atoms with E-state index in [-0.39, 0.29) is 10.8 Å². The molecule has 0 saturated carbocycles. The van der Waals surface area contributed by atoms with E-state index in [1.807, 2.05) is 0 Å². The summed E-state index contributed by atoms with van der Waals surface area (Å²) in [5.41, 5.74) is 0.0522. The predicted molar refractivity (Wildman–Crippen MR) is 51.4 cm³/mol. The molecule has 16 heavy (non-hydrogen) atoms. The summed E-state index contributed by atoms with van der Waals surface area (Å²) in [6, 6.07) is 2.91. The van der Waals surface area contributed by atoms with Crippen molar-refractivity contribution in [2.45, 2.75) is 0 Å². The zero-order valence-corrected chi connectivity index (χ0v) is 7.93. The Morgan fingerprint density at radius 3 is 2.75 bits per heavy atom. The number of nitrogens with zero attached hydrogens (tertiary/aromatic N) is 5. The van der Waals surface area contributed by atoms with Crippen LogP contribution in [0.4, 0.5) is 10.5 Å². The van der Waals surface area contributed by atoms with Crippen LogP contribution in [0.15, 0.2) is 31.0 Å². The fourth-order valence-corrected chi connectivity index (χ4v) is 1.08. The van der Waals surface area contributed by atoms with Gasteiger partial charge in [0.1, 0.15) is 12.7 Å². The lowest BCUT2D eigenvalue weighted by Gasteiger charge is -2.10. The van der Waals surface area contributed by atoms with E-state index in [0.29, 0.717) is 5.82 Å². The van der Waals surface area contributed by atoms with Gasteiger partial charge in [-0.1, -0.05) is 0 Å². The maximum Gasteiger partial charge on any atom is 0.436 e. The molecule has 0 aliphatic heterocycles. The number of carboxylic acid groups (broad SMARTS) is 1. The molecule has 0 bridgehead atoms. The molecule has 1 amide bonds. The van der Waals surface area contributed by atoms with Crippen LogP contribution in [0.25, 0.3) is 5.82 Å². The third-order valence-electron chi connectivity index (χ3n) is 1.81. The van der Waals surface area contributed by atoms with Crippen molar-refractivity contribution in [3.63, 3.8) is 0 Å². The molecule has 0 saturated heterocycles. The molecule has 0 spiro atoms. The lowest BCUT2D eigenvalue weighted by molar-refractivity contribution is 0.160. The van der Waals surface area contributed by atoms with Crippen molar-refractivity contribution in [2.24, 2.45) is 0 Å². The number of carbonyl (C=O) groups is 1. The maximum atomic E-state index is 10.4. The average molecular weight is 221 g/mol. The van der Waals surface area contributed by atoms with Crippen molar-refractivity contribution < 1.29 is 15.1 Å². The van der Waals surface area contributed by atoms with Gasteiger partial charge in [-0.05, 0) is 12.1 Å². The Morgan fingerprint density at radius 2 is 2.25 bits per heavy atom. The first-order chi connectivity index (χ1) is 7.68. The summed E-state index contributed by atoms with van der Waals surface area (Å²) in [6.07, 6.45) is 2.54. The van der Waals surface area contributed by atoms with Gasteiger partial charge in [-0.2, -0.15) is 10.2 Å². The number of pyridine rings is 1. The number of aromatic nitrogens is 4. The highest BCUT2D eigenvalue weighted by Gasteiger charge is 2.11. The number of hydrogen-bond acceptors (Lipinski definition) is 5. The molecule has 82 valence electrons. The van der Waals surface area contributed by atoms with E-state index in [9.17, 15) is 4.79 Å². The van der Waals surface area contributed by atoms with E-state index in [4.69, 9.17) is 10.3 Å². The molecule has 2 heterocycles. The molecule has 0 unspecified atom stereocenters. The molecule has 0 radical (unpaired) electrons. The first-order valence-electron chi connectivity index (χ1n) is 4.21. The second-order valence-electron chi connectivity index (χ2n) is 2.81. The lowest BCUT2D eigenvalue weighted by Crippen LogP contribution is -2.24. The SMILES string of the molecule is O=C(O)N(O)c1ccc(-n2cncn2)nc1. The van der Waals surface area contributed by atoms with Crippen molar-refractivity contribution in [1.29, 1.82) is 0 Å². The zero-order chi connectivity index (χ0) is 11.5. The zero-order valence-electron chi connectivity index (χ0n) is 7.93. The Balaban J connectivity index is 2.26. The Kier molecular flexibility index (Phi) is 2.48. The Hall–Kier alpha value is -2.48. The monoisotopic (exact) mass is 221 g/mol. The molecular weight excluding hydrogens is 214 g/mol. The van der Waals surface area contributed by atoms with Crippen LogP contribution in [0.1, 0.15) is 0 Å². The Morgan fingerprint density at radius 1 is 1.44 bits per heavy atom. The summed E-state index contributed by atoms with van der Waals surface area (Å²) >= 11 is 0. The highest BCUT2D eigenvalue weighted by Crippen LogP contribution is 2.12. The second kappa shape index (κ2) is 3.95. The van der Waals surface area contributed by atoms with Gasteiger partial charge in [0.2, 0.25) is 0 Å². The molecule has 0 aliphatic carbocycles. The fraction of sp³-hybridized carbons (Fsp3) is 0. The predicted octanol–water partition coefficient (Wildman–Crippen LogP) is 0.536. The molecule has 8 heteroatoms. The van der Waals surface area contributed by atoms with Gasteiger partial charge in [0, 0.05) is 0 Å². The lowest BCUT2D eigenvalue weighted by atomic mass is 10.4. The average Bonchev–Trinajstić information content (AvgIpc) is 2.81. The minimum absolute atomic E-state index is 0.0522. The molecular formula is C8H7N5O3. The van der Waals surface area contributed by atoms with Crippen molar-refractivity contribution in [1.82, 2.24) is 19.7 Å². The van der Waals surface area contributed by atoms with Crippen LogP contribution in [0.2, 0.25) is 0 Å². The van der Waals surface area contributed by atoms with Crippen LogP contribution >= 0.6 is 0 Å². The largest absolute Gasteiger partial charge is 0.463 e. The van der Waals surface area contributed by atoms with Crippen LogP contribution in [-0.2, 0) is 0 Å². The van der Waals surface area contributed by atoms with E-state index in [2.05, 4.69) is 15.1 Å². The van der Waals surface area contributed by atoms with Crippen LogP contribution in [0.3, 0.4) is 0 Å².